The average molecular weight is 300 g/mol. The molecule has 0 radical (unpaired) electrons. The molecule has 6 heteroatoms. The molecular formula is C13H11ClFNO2S. The number of halogens is 2. The molecule has 0 unspecified atom stereocenters. The molecule has 2 rings (SSSR count). The van der Waals surface area contributed by atoms with Gasteiger partial charge in [0.15, 0.2) is 0 Å². The van der Waals surface area contributed by atoms with Crippen LogP contribution in [0.25, 0.3) is 0 Å². The summed E-state index contributed by atoms with van der Waals surface area (Å²) in [6.45, 7) is 0. The van der Waals surface area contributed by atoms with Crippen LogP contribution in [-0.4, -0.2) is 15.5 Å². The van der Waals surface area contributed by atoms with Crippen molar-refractivity contribution in [2.75, 3.05) is 11.4 Å². The summed E-state index contributed by atoms with van der Waals surface area (Å²) in [5, 5.41) is 0.341. The highest BCUT2D eigenvalue weighted by molar-refractivity contribution is 7.92. The van der Waals surface area contributed by atoms with Crippen molar-refractivity contribution in [1.82, 2.24) is 0 Å². The number of benzene rings is 2. The summed E-state index contributed by atoms with van der Waals surface area (Å²) >= 11 is 5.79. The van der Waals surface area contributed by atoms with Gasteiger partial charge in [-0.05, 0) is 42.5 Å². The van der Waals surface area contributed by atoms with Crippen molar-refractivity contribution in [2.45, 2.75) is 4.90 Å². The monoisotopic (exact) mass is 299 g/mol. The summed E-state index contributed by atoms with van der Waals surface area (Å²) < 4.78 is 38.6. The smallest absolute Gasteiger partial charge is 0.264 e. The number of anilines is 1. The van der Waals surface area contributed by atoms with Crippen molar-refractivity contribution in [2.24, 2.45) is 0 Å². The van der Waals surface area contributed by atoms with Crippen molar-refractivity contribution in [1.29, 1.82) is 0 Å². The highest BCUT2D eigenvalue weighted by Gasteiger charge is 2.21. The molecule has 2 aromatic rings. The Kier molecular flexibility index (Phi) is 3.78. The third-order valence-electron chi connectivity index (χ3n) is 2.64. The molecule has 0 aliphatic carbocycles. The molecule has 0 aliphatic rings. The van der Waals surface area contributed by atoms with Crippen molar-refractivity contribution >= 4 is 27.3 Å². The van der Waals surface area contributed by atoms with E-state index in [0.29, 0.717) is 10.7 Å². The number of rotatable bonds is 3. The SMILES string of the molecule is CN(c1ccc(F)cc1)S(=O)(=O)c1cccc(Cl)c1. The van der Waals surface area contributed by atoms with Crippen LogP contribution in [-0.2, 0) is 10.0 Å². The standard InChI is InChI=1S/C13H11ClFNO2S/c1-16(12-7-5-11(15)6-8-12)19(17,18)13-4-2-3-10(14)9-13/h2-9H,1H3. The van der Waals surface area contributed by atoms with E-state index in [0.717, 1.165) is 4.31 Å². The first-order valence-electron chi connectivity index (χ1n) is 5.41. The van der Waals surface area contributed by atoms with Gasteiger partial charge in [-0.1, -0.05) is 17.7 Å². The number of hydrogen-bond acceptors (Lipinski definition) is 2. The third kappa shape index (κ3) is 2.88. The van der Waals surface area contributed by atoms with Gasteiger partial charge in [0.05, 0.1) is 10.6 Å². The maximum absolute atomic E-state index is 12.8. The minimum atomic E-state index is -3.70. The first-order chi connectivity index (χ1) is 8.91. The summed E-state index contributed by atoms with van der Waals surface area (Å²) in [6, 6.07) is 11.2. The minimum absolute atomic E-state index is 0.0897. The van der Waals surface area contributed by atoms with Gasteiger partial charge in [0.2, 0.25) is 0 Å². The molecule has 3 nitrogen and oxygen atoms in total. The second kappa shape index (κ2) is 5.19. The largest absolute Gasteiger partial charge is 0.269 e. The fraction of sp³-hybridized carbons (Fsp3) is 0.0769. The summed E-state index contributed by atoms with van der Waals surface area (Å²) in [5.41, 5.74) is 0.376. The van der Waals surface area contributed by atoms with E-state index in [1.807, 2.05) is 0 Å². The van der Waals surface area contributed by atoms with Crippen LogP contribution < -0.4 is 4.31 Å². The molecule has 0 saturated heterocycles. The van der Waals surface area contributed by atoms with Crippen LogP contribution in [0.2, 0.25) is 5.02 Å². The molecule has 100 valence electrons. The van der Waals surface area contributed by atoms with E-state index < -0.39 is 15.8 Å². The molecule has 0 fully saturated rings. The molecule has 0 atom stereocenters. The van der Waals surface area contributed by atoms with E-state index in [1.165, 1.54) is 43.4 Å². The molecule has 2 aromatic carbocycles. The Bertz CT molecular complexity index is 686. The number of sulfonamides is 1. The zero-order chi connectivity index (χ0) is 14.0. The van der Waals surface area contributed by atoms with E-state index in [1.54, 1.807) is 12.1 Å². The van der Waals surface area contributed by atoms with Crippen molar-refractivity contribution in [3.63, 3.8) is 0 Å². The Hall–Kier alpha value is -1.59. The molecular weight excluding hydrogens is 289 g/mol. The second-order valence-corrected chi connectivity index (χ2v) is 6.31. The van der Waals surface area contributed by atoms with Gasteiger partial charge in [0, 0.05) is 12.1 Å². The predicted octanol–water partition coefficient (Wildman–Crippen LogP) is 3.30. The molecule has 0 heterocycles. The van der Waals surface area contributed by atoms with Gasteiger partial charge in [-0.15, -0.1) is 0 Å². The lowest BCUT2D eigenvalue weighted by Gasteiger charge is -2.19. The summed E-state index contributed by atoms with van der Waals surface area (Å²) in [6.07, 6.45) is 0. The van der Waals surface area contributed by atoms with Gasteiger partial charge in [-0.25, -0.2) is 12.8 Å². The number of nitrogens with zero attached hydrogens (tertiary/aromatic N) is 1. The summed E-state index contributed by atoms with van der Waals surface area (Å²) in [5.74, 6) is -0.419. The normalized spacial score (nSPS) is 11.3. The van der Waals surface area contributed by atoms with Gasteiger partial charge in [0.25, 0.3) is 10.0 Å². The molecule has 0 spiro atoms. The molecule has 0 bridgehead atoms. The lowest BCUT2D eigenvalue weighted by atomic mass is 10.3. The van der Waals surface area contributed by atoms with E-state index in [-0.39, 0.29) is 4.90 Å². The van der Waals surface area contributed by atoms with Crippen LogP contribution in [0.4, 0.5) is 10.1 Å². The van der Waals surface area contributed by atoms with Crippen LogP contribution in [0.1, 0.15) is 0 Å². The van der Waals surface area contributed by atoms with Gasteiger partial charge in [-0.2, -0.15) is 0 Å². The minimum Gasteiger partial charge on any atom is -0.269 e. The topological polar surface area (TPSA) is 37.4 Å². The number of hydrogen-bond donors (Lipinski definition) is 0. The Labute approximate surface area is 116 Å². The molecule has 0 amide bonds. The zero-order valence-electron chi connectivity index (χ0n) is 10.0. The zero-order valence-corrected chi connectivity index (χ0v) is 11.6. The predicted molar refractivity (Wildman–Crippen MR) is 73.4 cm³/mol. The molecule has 0 saturated carbocycles. The first-order valence-corrected chi connectivity index (χ1v) is 7.23. The summed E-state index contributed by atoms with van der Waals surface area (Å²) in [7, 11) is -2.29. The quantitative estimate of drug-likeness (QED) is 0.872. The molecule has 0 N–H and O–H groups in total. The van der Waals surface area contributed by atoms with Crippen molar-refractivity contribution in [3.8, 4) is 0 Å². The van der Waals surface area contributed by atoms with E-state index in [9.17, 15) is 12.8 Å². The summed E-state index contributed by atoms with van der Waals surface area (Å²) in [4.78, 5) is 0.0897. The maximum Gasteiger partial charge on any atom is 0.264 e. The van der Waals surface area contributed by atoms with Crippen LogP contribution in [0, 0.1) is 5.82 Å². The van der Waals surface area contributed by atoms with Gasteiger partial charge in [0.1, 0.15) is 5.82 Å². The Balaban J connectivity index is 2.42. The van der Waals surface area contributed by atoms with Gasteiger partial charge < -0.3 is 0 Å². The molecule has 19 heavy (non-hydrogen) atoms. The second-order valence-electron chi connectivity index (χ2n) is 3.91. The highest BCUT2D eigenvalue weighted by Crippen LogP contribution is 2.23. The Morgan fingerprint density at radius 1 is 1.11 bits per heavy atom. The van der Waals surface area contributed by atoms with Crippen LogP contribution in [0.3, 0.4) is 0 Å². The van der Waals surface area contributed by atoms with Crippen LogP contribution in [0.15, 0.2) is 53.4 Å². The Morgan fingerprint density at radius 2 is 1.74 bits per heavy atom. The fourth-order valence-electron chi connectivity index (χ4n) is 1.58. The maximum atomic E-state index is 12.8. The Morgan fingerprint density at radius 3 is 2.32 bits per heavy atom. The molecule has 0 aliphatic heterocycles. The van der Waals surface area contributed by atoms with Crippen LogP contribution >= 0.6 is 11.6 Å². The average Bonchev–Trinajstić information content (AvgIpc) is 2.39. The van der Waals surface area contributed by atoms with E-state index in [2.05, 4.69) is 0 Å². The van der Waals surface area contributed by atoms with Crippen molar-refractivity contribution in [3.05, 3.63) is 59.4 Å². The fourth-order valence-corrected chi connectivity index (χ4v) is 3.07. The van der Waals surface area contributed by atoms with Crippen LogP contribution in [0.5, 0.6) is 0 Å². The lowest BCUT2D eigenvalue weighted by Crippen LogP contribution is -2.26. The molecule has 0 aromatic heterocycles. The van der Waals surface area contributed by atoms with Gasteiger partial charge in [-0.3, -0.25) is 4.31 Å². The first kappa shape index (κ1) is 13.8. The van der Waals surface area contributed by atoms with Crippen molar-refractivity contribution < 1.29 is 12.8 Å². The lowest BCUT2D eigenvalue weighted by molar-refractivity contribution is 0.594. The highest BCUT2D eigenvalue weighted by atomic mass is 35.5. The third-order valence-corrected chi connectivity index (χ3v) is 4.66. The van der Waals surface area contributed by atoms with E-state index >= 15 is 0 Å². The van der Waals surface area contributed by atoms with Gasteiger partial charge >= 0.3 is 0 Å². The van der Waals surface area contributed by atoms with E-state index in [4.69, 9.17) is 11.6 Å².